The molecule has 1 aromatic heterocycles. The highest BCUT2D eigenvalue weighted by Crippen LogP contribution is 2.37. The summed E-state index contributed by atoms with van der Waals surface area (Å²) >= 11 is 6.39. The van der Waals surface area contributed by atoms with Gasteiger partial charge in [-0.1, -0.05) is 13.8 Å². The van der Waals surface area contributed by atoms with Crippen molar-refractivity contribution in [2.24, 2.45) is 17.8 Å². The minimum atomic E-state index is -0.104. The van der Waals surface area contributed by atoms with Gasteiger partial charge in [0.2, 0.25) is 11.9 Å². The Labute approximate surface area is 184 Å². The van der Waals surface area contributed by atoms with E-state index in [1.807, 2.05) is 13.0 Å². The largest absolute Gasteiger partial charge is 0.377 e. The van der Waals surface area contributed by atoms with Crippen LogP contribution in [0.5, 0.6) is 0 Å². The van der Waals surface area contributed by atoms with Crippen LogP contribution >= 0.6 is 11.6 Å². The second kappa shape index (κ2) is 9.27. The van der Waals surface area contributed by atoms with E-state index >= 15 is 0 Å². The van der Waals surface area contributed by atoms with Crippen molar-refractivity contribution < 1.29 is 9.53 Å². The van der Waals surface area contributed by atoms with Crippen LogP contribution in [0.3, 0.4) is 0 Å². The third kappa shape index (κ3) is 4.67. The Morgan fingerprint density at radius 3 is 2.93 bits per heavy atom. The molecule has 2 saturated heterocycles. The number of amides is 1. The summed E-state index contributed by atoms with van der Waals surface area (Å²) in [5, 5.41) is 6.86. The number of nitrogens with one attached hydrogen (secondary N) is 2. The molecule has 8 heteroatoms. The number of carbonyl (C=O) groups excluding carboxylic acids is 1. The Morgan fingerprint density at radius 1 is 1.30 bits per heavy atom. The molecule has 3 fully saturated rings. The number of hydrogen-bond donors (Lipinski definition) is 2. The fourth-order valence-corrected chi connectivity index (χ4v) is 5.51. The molecule has 1 aromatic rings. The molecule has 3 heterocycles. The van der Waals surface area contributed by atoms with Crippen LogP contribution in [0, 0.1) is 17.8 Å². The Hall–Kier alpha value is -1.60. The minimum absolute atomic E-state index is 0.0533. The molecule has 0 bridgehead atoms. The predicted molar refractivity (Wildman–Crippen MR) is 119 cm³/mol. The Balaban J connectivity index is 1.44. The van der Waals surface area contributed by atoms with Gasteiger partial charge in [-0.3, -0.25) is 4.79 Å². The van der Waals surface area contributed by atoms with Crippen LogP contribution in [0.15, 0.2) is 12.3 Å². The van der Waals surface area contributed by atoms with Crippen LogP contribution in [0.4, 0.5) is 11.8 Å². The highest BCUT2D eigenvalue weighted by molar-refractivity contribution is 6.20. The fraction of sp³-hybridized carbons (Fsp3) is 0.773. The number of morpholine rings is 1. The summed E-state index contributed by atoms with van der Waals surface area (Å²) in [5.74, 6) is 2.44. The Bertz CT molecular complexity index is 748. The number of aromatic nitrogens is 2. The van der Waals surface area contributed by atoms with Crippen LogP contribution in [0.2, 0.25) is 0 Å². The van der Waals surface area contributed by atoms with E-state index in [1.54, 1.807) is 6.20 Å². The number of alkyl halides is 1. The first-order chi connectivity index (χ1) is 14.4. The van der Waals surface area contributed by atoms with Gasteiger partial charge in [-0.25, -0.2) is 4.98 Å². The zero-order chi connectivity index (χ0) is 21.3. The number of piperidine rings is 1. The zero-order valence-corrected chi connectivity index (χ0v) is 18.9. The third-order valence-electron chi connectivity index (χ3n) is 6.97. The standard InChI is InChI=1S/C22H34ClN5O2/c1-13(2)19-12-30-9-8-28(19)20-6-7-24-22(27-20)25-14(3)17-11-15-10-16(23)4-5-18(15)26-21(17)29/h6-7,13-19H,4-5,8-12H2,1-3H3,(H,26,29)(H,24,25,27)/t14-,15?,16?,17?,18?,19+/m0/s1. The molecular weight excluding hydrogens is 402 g/mol. The molecule has 4 rings (SSSR count). The van der Waals surface area contributed by atoms with Gasteiger partial charge >= 0.3 is 0 Å². The number of carbonyl (C=O) groups is 1. The summed E-state index contributed by atoms with van der Waals surface area (Å²) < 4.78 is 5.68. The van der Waals surface area contributed by atoms with E-state index in [4.69, 9.17) is 21.3 Å². The number of nitrogens with zero attached hydrogens (tertiary/aromatic N) is 3. The summed E-state index contributed by atoms with van der Waals surface area (Å²) in [6.07, 6.45) is 5.62. The van der Waals surface area contributed by atoms with Gasteiger partial charge in [0.1, 0.15) is 5.82 Å². The second-order valence-corrected chi connectivity index (χ2v) is 10.00. The number of hydrogen-bond acceptors (Lipinski definition) is 6. The molecule has 30 heavy (non-hydrogen) atoms. The number of halogens is 1. The molecule has 1 amide bonds. The topological polar surface area (TPSA) is 79.4 Å². The van der Waals surface area contributed by atoms with Crippen LogP contribution in [-0.2, 0) is 9.53 Å². The van der Waals surface area contributed by atoms with Crippen LogP contribution < -0.4 is 15.5 Å². The van der Waals surface area contributed by atoms with Crippen molar-refractivity contribution in [3.63, 3.8) is 0 Å². The molecule has 2 N–H and O–H groups in total. The lowest BCUT2D eigenvalue weighted by atomic mass is 9.74. The number of anilines is 2. The maximum Gasteiger partial charge on any atom is 0.225 e. The van der Waals surface area contributed by atoms with E-state index in [0.717, 1.165) is 38.0 Å². The van der Waals surface area contributed by atoms with Crippen molar-refractivity contribution in [3.05, 3.63) is 12.3 Å². The molecule has 0 spiro atoms. The predicted octanol–water partition coefficient (Wildman–Crippen LogP) is 3.05. The van der Waals surface area contributed by atoms with Crippen molar-refractivity contribution in [2.75, 3.05) is 30.0 Å². The van der Waals surface area contributed by atoms with Crippen molar-refractivity contribution >= 4 is 29.3 Å². The summed E-state index contributed by atoms with van der Waals surface area (Å²) in [6, 6.07) is 2.49. The van der Waals surface area contributed by atoms with Gasteiger partial charge in [0.25, 0.3) is 0 Å². The van der Waals surface area contributed by atoms with E-state index in [1.165, 1.54) is 0 Å². The summed E-state index contributed by atoms with van der Waals surface area (Å²) in [6.45, 7) is 8.71. The maximum absolute atomic E-state index is 12.7. The average Bonchev–Trinajstić information content (AvgIpc) is 2.73. The van der Waals surface area contributed by atoms with Gasteiger partial charge in [-0.05, 0) is 50.5 Å². The van der Waals surface area contributed by atoms with Gasteiger partial charge in [-0.15, -0.1) is 11.6 Å². The summed E-state index contributed by atoms with van der Waals surface area (Å²) in [5.41, 5.74) is 0. The first-order valence-electron chi connectivity index (χ1n) is 11.3. The molecule has 4 unspecified atom stereocenters. The third-order valence-corrected chi connectivity index (χ3v) is 7.37. The lowest BCUT2D eigenvalue weighted by molar-refractivity contribution is -0.130. The highest BCUT2D eigenvalue weighted by atomic mass is 35.5. The second-order valence-electron chi connectivity index (χ2n) is 9.38. The van der Waals surface area contributed by atoms with Gasteiger partial charge in [0.05, 0.1) is 25.2 Å². The summed E-state index contributed by atoms with van der Waals surface area (Å²) in [4.78, 5) is 24.3. The van der Waals surface area contributed by atoms with Gasteiger partial charge in [0, 0.05) is 30.2 Å². The number of ether oxygens (including phenoxy) is 1. The van der Waals surface area contributed by atoms with Crippen LogP contribution in [0.25, 0.3) is 0 Å². The minimum Gasteiger partial charge on any atom is -0.377 e. The first-order valence-corrected chi connectivity index (χ1v) is 11.7. The number of rotatable bonds is 5. The molecule has 0 aromatic carbocycles. The lowest BCUT2D eigenvalue weighted by Crippen LogP contribution is -2.55. The van der Waals surface area contributed by atoms with Gasteiger partial charge in [0.15, 0.2) is 0 Å². The van der Waals surface area contributed by atoms with Crippen LogP contribution in [0.1, 0.15) is 46.5 Å². The molecule has 1 saturated carbocycles. The normalized spacial score (nSPS) is 33.0. The maximum atomic E-state index is 12.7. The monoisotopic (exact) mass is 435 g/mol. The quantitative estimate of drug-likeness (QED) is 0.692. The Kier molecular flexibility index (Phi) is 6.68. The molecule has 2 aliphatic heterocycles. The Morgan fingerprint density at radius 2 is 2.13 bits per heavy atom. The highest BCUT2D eigenvalue weighted by Gasteiger charge is 2.41. The molecule has 166 valence electrons. The lowest BCUT2D eigenvalue weighted by Gasteiger charge is -2.42. The van der Waals surface area contributed by atoms with Gasteiger partial charge < -0.3 is 20.3 Å². The zero-order valence-electron chi connectivity index (χ0n) is 18.2. The molecule has 6 atom stereocenters. The average molecular weight is 436 g/mol. The van der Waals surface area contributed by atoms with Gasteiger partial charge in [-0.2, -0.15) is 4.98 Å². The van der Waals surface area contributed by atoms with E-state index in [-0.39, 0.29) is 29.3 Å². The summed E-state index contributed by atoms with van der Waals surface area (Å²) in [7, 11) is 0. The van der Waals surface area contributed by atoms with E-state index in [2.05, 4.69) is 34.4 Å². The van der Waals surface area contributed by atoms with Crippen molar-refractivity contribution in [2.45, 2.75) is 70.0 Å². The van der Waals surface area contributed by atoms with Crippen molar-refractivity contribution in [1.29, 1.82) is 0 Å². The SMILES string of the molecule is CC(C)[C@H]1COCCN1c1ccnc(N[C@@H](C)C2CC3CC(Cl)CCC3NC2=O)n1. The van der Waals surface area contributed by atoms with E-state index < -0.39 is 0 Å². The molecule has 7 nitrogen and oxygen atoms in total. The molecule has 0 radical (unpaired) electrons. The fourth-order valence-electron chi connectivity index (χ4n) is 5.15. The number of fused-ring (bicyclic) bond motifs is 1. The smallest absolute Gasteiger partial charge is 0.225 e. The van der Waals surface area contributed by atoms with E-state index in [9.17, 15) is 4.79 Å². The first kappa shape index (κ1) is 21.6. The molecule has 1 aliphatic carbocycles. The van der Waals surface area contributed by atoms with E-state index in [0.29, 0.717) is 37.0 Å². The van der Waals surface area contributed by atoms with Crippen molar-refractivity contribution in [1.82, 2.24) is 15.3 Å². The van der Waals surface area contributed by atoms with Crippen molar-refractivity contribution in [3.8, 4) is 0 Å². The van der Waals surface area contributed by atoms with Crippen LogP contribution in [-0.4, -0.2) is 59.1 Å². The molecule has 3 aliphatic rings. The molecular formula is C22H34ClN5O2.